The van der Waals surface area contributed by atoms with E-state index in [1.165, 1.54) is 0 Å². The van der Waals surface area contributed by atoms with Crippen LogP contribution in [0.15, 0.2) is 0 Å². The Balaban J connectivity index is 2.43. The van der Waals surface area contributed by atoms with Gasteiger partial charge in [0, 0.05) is 6.42 Å². The van der Waals surface area contributed by atoms with E-state index >= 15 is 0 Å². The summed E-state index contributed by atoms with van der Waals surface area (Å²) in [6.45, 7) is 3.81. The van der Waals surface area contributed by atoms with E-state index in [9.17, 15) is 4.57 Å². The number of rotatable bonds is 0. The van der Waals surface area contributed by atoms with Crippen molar-refractivity contribution >= 4 is 8.25 Å². The highest BCUT2D eigenvalue weighted by atomic mass is 31.1. The highest BCUT2D eigenvalue weighted by molar-refractivity contribution is 7.33. The molecule has 0 aromatic rings. The molecule has 0 aromatic carbocycles. The first kappa shape index (κ1) is 7.26. The molecule has 0 spiro atoms. The number of hydrogen-bond acceptors (Lipinski definition) is 3. The molecule has 0 bridgehead atoms. The van der Waals surface area contributed by atoms with E-state index in [4.69, 9.17) is 9.05 Å². The van der Waals surface area contributed by atoms with E-state index in [0.717, 1.165) is 6.42 Å². The predicted octanol–water partition coefficient (Wildman–Crippen LogP) is 1.59. The predicted molar refractivity (Wildman–Crippen MR) is 34.7 cm³/mol. The lowest BCUT2D eigenvalue weighted by Gasteiger charge is -2.23. The Hall–Kier alpha value is 0.150. The molecular weight excluding hydrogens is 139 g/mol. The third-order valence-corrected chi connectivity index (χ3v) is 2.45. The molecule has 9 heavy (non-hydrogen) atoms. The second-order valence-corrected chi connectivity index (χ2v) is 3.31. The molecule has 0 aromatic heterocycles. The fourth-order valence-corrected chi connectivity index (χ4v) is 1.83. The van der Waals surface area contributed by atoms with Crippen molar-refractivity contribution in [2.75, 3.05) is 0 Å². The van der Waals surface area contributed by atoms with Crippen LogP contribution < -0.4 is 0 Å². The van der Waals surface area contributed by atoms with Gasteiger partial charge in [0.1, 0.15) is 0 Å². The highest BCUT2D eigenvalue weighted by Crippen LogP contribution is 2.35. The van der Waals surface area contributed by atoms with Crippen LogP contribution in [0.1, 0.15) is 20.3 Å². The van der Waals surface area contributed by atoms with E-state index in [1.54, 1.807) is 0 Å². The fraction of sp³-hybridized carbons (Fsp3) is 1.00. The van der Waals surface area contributed by atoms with Crippen LogP contribution in [0, 0.1) is 0 Å². The monoisotopic (exact) mass is 150 g/mol. The van der Waals surface area contributed by atoms with Crippen LogP contribution in [-0.2, 0) is 13.6 Å². The molecule has 0 radical (unpaired) electrons. The summed E-state index contributed by atoms with van der Waals surface area (Å²) < 4.78 is 20.4. The van der Waals surface area contributed by atoms with Gasteiger partial charge in [-0.1, -0.05) is 0 Å². The van der Waals surface area contributed by atoms with Crippen molar-refractivity contribution in [1.29, 1.82) is 0 Å². The van der Waals surface area contributed by atoms with Gasteiger partial charge in [0.05, 0.1) is 12.2 Å². The molecule has 0 saturated carbocycles. The van der Waals surface area contributed by atoms with Gasteiger partial charge in [0.25, 0.3) is 0 Å². The quantitative estimate of drug-likeness (QED) is 0.492. The van der Waals surface area contributed by atoms with Gasteiger partial charge >= 0.3 is 8.25 Å². The molecular formula is C5H11O3P. The van der Waals surface area contributed by atoms with Crippen molar-refractivity contribution < 1.29 is 13.6 Å². The summed E-state index contributed by atoms with van der Waals surface area (Å²) in [7, 11) is -2.14. The van der Waals surface area contributed by atoms with Crippen LogP contribution in [-0.4, -0.2) is 12.2 Å². The summed E-state index contributed by atoms with van der Waals surface area (Å²) >= 11 is 0. The normalized spacial score (nSPS) is 44.9. The van der Waals surface area contributed by atoms with Gasteiger partial charge in [0.2, 0.25) is 0 Å². The van der Waals surface area contributed by atoms with Gasteiger partial charge in [-0.25, -0.2) is 0 Å². The van der Waals surface area contributed by atoms with Gasteiger partial charge in [-0.2, -0.15) is 0 Å². The fourth-order valence-electron chi connectivity index (χ4n) is 0.920. The minimum atomic E-state index is -2.14. The van der Waals surface area contributed by atoms with Gasteiger partial charge in [0.15, 0.2) is 0 Å². The van der Waals surface area contributed by atoms with Crippen LogP contribution in [0.25, 0.3) is 0 Å². The van der Waals surface area contributed by atoms with Crippen LogP contribution in [0.2, 0.25) is 0 Å². The first-order chi connectivity index (χ1) is 4.18. The molecule has 0 amide bonds. The minimum absolute atomic E-state index is 0.0974. The second-order valence-electron chi connectivity index (χ2n) is 2.34. The second kappa shape index (κ2) is 2.82. The van der Waals surface area contributed by atoms with Crippen molar-refractivity contribution in [3.8, 4) is 0 Å². The van der Waals surface area contributed by atoms with E-state index in [2.05, 4.69) is 0 Å². The number of hydrogen-bond donors (Lipinski definition) is 0. The zero-order chi connectivity index (χ0) is 6.85. The third kappa shape index (κ3) is 2.09. The molecule has 2 atom stereocenters. The SMILES string of the molecule is C[C@H]1C[C@H](C)O[PH](=O)O1. The molecule has 3 nitrogen and oxygen atoms in total. The average molecular weight is 150 g/mol. The molecule has 4 heteroatoms. The molecule has 1 heterocycles. The lowest BCUT2D eigenvalue weighted by atomic mass is 10.2. The Kier molecular flexibility index (Phi) is 2.28. The molecule has 1 aliphatic heterocycles. The lowest BCUT2D eigenvalue weighted by Crippen LogP contribution is -2.19. The van der Waals surface area contributed by atoms with Crippen LogP contribution in [0.5, 0.6) is 0 Å². The van der Waals surface area contributed by atoms with Crippen LogP contribution >= 0.6 is 8.25 Å². The van der Waals surface area contributed by atoms with Crippen molar-refractivity contribution in [3.05, 3.63) is 0 Å². The summed E-state index contributed by atoms with van der Waals surface area (Å²) in [5, 5.41) is 0. The molecule has 1 saturated heterocycles. The lowest BCUT2D eigenvalue weighted by molar-refractivity contribution is 0.0628. The Bertz CT molecular complexity index is 113. The van der Waals surface area contributed by atoms with E-state index in [-0.39, 0.29) is 12.2 Å². The van der Waals surface area contributed by atoms with Gasteiger partial charge < -0.3 is 9.05 Å². The van der Waals surface area contributed by atoms with Gasteiger partial charge in [-0.3, -0.25) is 4.57 Å². The largest absolute Gasteiger partial charge is 0.319 e. The van der Waals surface area contributed by atoms with E-state index in [1.807, 2.05) is 13.8 Å². The third-order valence-electron chi connectivity index (χ3n) is 1.26. The summed E-state index contributed by atoms with van der Waals surface area (Å²) in [4.78, 5) is 0. The summed E-state index contributed by atoms with van der Waals surface area (Å²) in [5.74, 6) is 0. The first-order valence-electron chi connectivity index (χ1n) is 3.05. The summed E-state index contributed by atoms with van der Waals surface area (Å²) in [5.41, 5.74) is 0. The Morgan fingerprint density at radius 1 is 1.33 bits per heavy atom. The van der Waals surface area contributed by atoms with E-state index in [0.29, 0.717) is 0 Å². The molecule has 1 rings (SSSR count). The van der Waals surface area contributed by atoms with Crippen LogP contribution in [0.4, 0.5) is 0 Å². The maximum Gasteiger partial charge on any atom is 0.319 e. The Morgan fingerprint density at radius 3 is 2.11 bits per heavy atom. The molecule has 0 unspecified atom stereocenters. The summed E-state index contributed by atoms with van der Waals surface area (Å²) in [6.07, 6.45) is 1.04. The zero-order valence-corrected chi connectivity index (χ0v) is 6.59. The average Bonchev–Trinajstić information content (AvgIpc) is 1.59. The van der Waals surface area contributed by atoms with Crippen molar-refractivity contribution in [3.63, 3.8) is 0 Å². The molecule has 1 aliphatic rings. The Labute approximate surface area is 55.3 Å². The van der Waals surface area contributed by atoms with Gasteiger partial charge in [-0.15, -0.1) is 0 Å². The smallest absolute Gasteiger partial charge is 0.307 e. The van der Waals surface area contributed by atoms with E-state index < -0.39 is 8.25 Å². The summed E-state index contributed by atoms with van der Waals surface area (Å²) in [6, 6.07) is 0. The molecule has 0 aliphatic carbocycles. The van der Waals surface area contributed by atoms with Crippen molar-refractivity contribution in [1.82, 2.24) is 0 Å². The van der Waals surface area contributed by atoms with Crippen molar-refractivity contribution in [2.24, 2.45) is 0 Å². The standard InChI is InChI=1S/C5H11O3P/c1-4-3-5(2)8-9(6)7-4/h4-5,9H,3H2,1-2H3/t4-,5-/m0/s1. The van der Waals surface area contributed by atoms with Crippen molar-refractivity contribution in [2.45, 2.75) is 32.5 Å². The molecule has 1 fully saturated rings. The highest BCUT2D eigenvalue weighted by Gasteiger charge is 2.20. The molecule has 54 valence electrons. The van der Waals surface area contributed by atoms with Gasteiger partial charge in [-0.05, 0) is 13.8 Å². The minimum Gasteiger partial charge on any atom is -0.307 e. The topological polar surface area (TPSA) is 35.5 Å². The molecule has 0 N–H and O–H groups in total. The first-order valence-corrected chi connectivity index (χ1v) is 4.28. The van der Waals surface area contributed by atoms with Crippen LogP contribution in [0.3, 0.4) is 0 Å². The zero-order valence-electron chi connectivity index (χ0n) is 5.59. The maximum atomic E-state index is 10.6. The Morgan fingerprint density at radius 2 is 1.78 bits per heavy atom. The maximum absolute atomic E-state index is 10.6.